The maximum atomic E-state index is 5.48. The lowest BCUT2D eigenvalue weighted by Gasteiger charge is -2.36. The van der Waals surface area contributed by atoms with Crippen LogP contribution in [0.2, 0.25) is 0 Å². The average molecular weight is 406 g/mol. The van der Waals surface area contributed by atoms with Crippen LogP contribution in [0.5, 0.6) is 0 Å². The van der Waals surface area contributed by atoms with Crippen LogP contribution in [0.1, 0.15) is 47.7 Å². The first-order valence-electron chi connectivity index (χ1n) is 11.5. The molecule has 0 aliphatic carbocycles. The van der Waals surface area contributed by atoms with Gasteiger partial charge < -0.3 is 14.5 Å². The Bertz CT molecular complexity index is 941. The summed E-state index contributed by atoms with van der Waals surface area (Å²) in [6.07, 6.45) is 8.14. The number of anilines is 2. The summed E-state index contributed by atoms with van der Waals surface area (Å²) in [6.45, 7) is 5.55. The van der Waals surface area contributed by atoms with Gasteiger partial charge in [0.15, 0.2) is 0 Å². The van der Waals surface area contributed by atoms with Gasteiger partial charge in [0.2, 0.25) is 5.95 Å². The normalized spacial score (nSPS) is 25.9. The Kier molecular flexibility index (Phi) is 4.65. The zero-order valence-electron chi connectivity index (χ0n) is 17.9. The van der Waals surface area contributed by atoms with E-state index in [1.54, 1.807) is 0 Å². The Morgan fingerprint density at radius 1 is 1.13 bits per heavy atom. The van der Waals surface area contributed by atoms with Crippen molar-refractivity contribution < 1.29 is 4.74 Å². The molecule has 0 saturated carbocycles. The van der Waals surface area contributed by atoms with Crippen molar-refractivity contribution in [2.75, 3.05) is 49.7 Å². The van der Waals surface area contributed by atoms with Gasteiger partial charge in [0.25, 0.3) is 0 Å². The summed E-state index contributed by atoms with van der Waals surface area (Å²) < 4.78 is 5.48. The first kappa shape index (κ1) is 18.6. The predicted molar refractivity (Wildman–Crippen MR) is 118 cm³/mol. The Morgan fingerprint density at radius 2 is 2.03 bits per heavy atom. The summed E-state index contributed by atoms with van der Waals surface area (Å²) in [5.74, 6) is 0.892. The van der Waals surface area contributed by atoms with Crippen molar-refractivity contribution in [3.8, 4) is 0 Å². The minimum absolute atomic E-state index is 0.469. The molecule has 2 aromatic rings. The number of fused-ring (bicyclic) bond motifs is 5. The third-order valence-corrected chi connectivity index (χ3v) is 7.47. The second-order valence-electron chi connectivity index (χ2n) is 9.28. The van der Waals surface area contributed by atoms with Crippen LogP contribution in [0.25, 0.3) is 0 Å². The summed E-state index contributed by atoms with van der Waals surface area (Å²) in [5, 5.41) is 0. The van der Waals surface area contributed by atoms with Crippen molar-refractivity contribution >= 4 is 11.6 Å². The van der Waals surface area contributed by atoms with Crippen LogP contribution in [0.3, 0.4) is 0 Å². The number of hydrogen-bond acceptors (Lipinski definition) is 6. The molecule has 4 aliphatic heterocycles. The lowest BCUT2D eigenvalue weighted by Crippen LogP contribution is -2.40. The van der Waals surface area contributed by atoms with Gasteiger partial charge in [-0.1, -0.05) is 12.1 Å². The van der Waals surface area contributed by atoms with Crippen LogP contribution in [0.4, 0.5) is 11.6 Å². The minimum atomic E-state index is 0.469. The SMILES string of the molecule is CN1CCCc2cc(CN3[C@H]4CC[C@H]3c3cnc(N5CCOCC5)nc3C4)ccc21. The van der Waals surface area contributed by atoms with Crippen molar-refractivity contribution in [3.05, 3.63) is 46.8 Å². The average Bonchev–Trinajstić information content (AvgIpc) is 3.05. The largest absolute Gasteiger partial charge is 0.378 e. The van der Waals surface area contributed by atoms with E-state index in [1.165, 1.54) is 60.3 Å². The molecule has 0 amide bonds. The molecule has 0 radical (unpaired) electrons. The van der Waals surface area contributed by atoms with Gasteiger partial charge in [-0.15, -0.1) is 0 Å². The molecule has 158 valence electrons. The van der Waals surface area contributed by atoms with Crippen LogP contribution < -0.4 is 9.80 Å². The molecule has 1 aromatic carbocycles. The van der Waals surface area contributed by atoms with E-state index >= 15 is 0 Å². The van der Waals surface area contributed by atoms with Gasteiger partial charge in [-0.25, -0.2) is 9.97 Å². The van der Waals surface area contributed by atoms with E-state index in [-0.39, 0.29) is 0 Å². The topological polar surface area (TPSA) is 44.7 Å². The molecule has 0 spiro atoms. The van der Waals surface area contributed by atoms with E-state index in [4.69, 9.17) is 14.7 Å². The van der Waals surface area contributed by atoms with Crippen molar-refractivity contribution in [1.82, 2.24) is 14.9 Å². The standard InChI is InChI=1S/C24H31N5O/c1-27-8-2-3-18-13-17(4-6-22(18)27)16-29-19-5-7-23(29)20-15-25-24(26-21(20)14-19)28-9-11-30-12-10-28/h4,6,13,15,19,23H,2-3,5,7-12,14,16H2,1H3/t19-,23-/m0/s1. The summed E-state index contributed by atoms with van der Waals surface area (Å²) >= 11 is 0. The van der Waals surface area contributed by atoms with Crippen molar-refractivity contribution in [2.24, 2.45) is 0 Å². The van der Waals surface area contributed by atoms with Gasteiger partial charge in [0, 0.05) is 69.2 Å². The molecule has 4 aliphatic rings. The Balaban J connectivity index is 1.24. The molecule has 6 nitrogen and oxygen atoms in total. The molecule has 1 aromatic heterocycles. The number of rotatable bonds is 3. The lowest BCUT2D eigenvalue weighted by atomic mass is 9.96. The smallest absolute Gasteiger partial charge is 0.225 e. The third kappa shape index (κ3) is 3.17. The fourth-order valence-electron chi connectivity index (χ4n) is 5.87. The maximum Gasteiger partial charge on any atom is 0.225 e. The van der Waals surface area contributed by atoms with Crippen LogP contribution in [-0.2, 0) is 24.1 Å². The highest BCUT2D eigenvalue weighted by atomic mass is 16.5. The van der Waals surface area contributed by atoms with Gasteiger partial charge in [-0.2, -0.15) is 0 Å². The summed E-state index contributed by atoms with van der Waals surface area (Å²) in [7, 11) is 2.21. The van der Waals surface area contributed by atoms with Crippen LogP contribution in [0.15, 0.2) is 24.4 Å². The molecule has 6 rings (SSSR count). The highest BCUT2D eigenvalue weighted by molar-refractivity contribution is 5.56. The number of benzene rings is 1. The molecule has 6 heteroatoms. The van der Waals surface area contributed by atoms with Crippen LogP contribution in [0, 0.1) is 0 Å². The van der Waals surface area contributed by atoms with E-state index in [1.807, 2.05) is 0 Å². The Morgan fingerprint density at radius 3 is 2.93 bits per heavy atom. The van der Waals surface area contributed by atoms with Gasteiger partial charge in [-0.3, -0.25) is 4.90 Å². The molecular weight excluding hydrogens is 374 g/mol. The second kappa shape index (κ2) is 7.50. The fraction of sp³-hybridized carbons (Fsp3) is 0.583. The molecule has 0 unspecified atom stereocenters. The first-order valence-corrected chi connectivity index (χ1v) is 11.5. The van der Waals surface area contributed by atoms with Gasteiger partial charge >= 0.3 is 0 Å². The number of aromatic nitrogens is 2. The van der Waals surface area contributed by atoms with E-state index in [9.17, 15) is 0 Å². The van der Waals surface area contributed by atoms with Crippen molar-refractivity contribution in [3.63, 3.8) is 0 Å². The van der Waals surface area contributed by atoms with Crippen LogP contribution in [-0.4, -0.2) is 60.8 Å². The third-order valence-electron chi connectivity index (χ3n) is 7.47. The number of ether oxygens (including phenoxy) is 1. The van der Waals surface area contributed by atoms with E-state index in [0.717, 1.165) is 45.2 Å². The molecule has 2 saturated heterocycles. The highest BCUT2D eigenvalue weighted by Gasteiger charge is 2.41. The highest BCUT2D eigenvalue weighted by Crippen LogP contribution is 2.44. The van der Waals surface area contributed by atoms with E-state index in [2.05, 4.69) is 46.1 Å². The number of morpholine rings is 1. The zero-order chi connectivity index (χ0) is 20.1. The van der Waals surface area contributed by atoms with Crippen LogP contribution >= 0.6 is 0 Å². The molecule has 5 heterocycles. The van der Waals surface area contributed by atoms with Gasteiger partial charge in [0.05, 0.1) is 18.9 Å². The van der Waals surface area contributed by atoms with Gasteiger partial charge in [-0.05, 0) is 42.9 Å². The zero-order valence-corrected chi connectivity index (χ0v) is 17.9. The first-order chi connectivity index (χ1) is 14.8. The second-order valence-corrected chi connectivity index (χ2v) is 9.28. The van der Waals surface area contributed by atoms with E-state index in [0.29, 0.717) is 12.1 Å². The molecule has 2 bridgehead atoms. The molecule has 30 heavy (non-hydrogen) atoms. The lowest BCUT2D eigenvalue weighted by molar-refractivity contribution is 0.122. The number of hydrogen-bond donors (Lipinski definition) is 0. The number of nitrogens with zero attached hydrogens (tertiary/aromatic N) is 5. The Hall–Kier alpha value is -2.18. The molecule has 2 fully saturated rings. The van der Waals surface area contributed by atoms with Crippen molar-refractivity contribution in [1.29, 1.82) is 0 Å². The Labute approximate surface area is 178 Å². The molecular formula is C24H31N5O. The van der Waals surface area contributed by atoms with E-state index < -0.39 is 0 Å². The molecule has 0 N–H and O–H groups in total. The number of aryl methyl sites for hydroxylation is 1. The van der Waals surface area contributed by atoms with Gasteiger partial charge in [0.1, 0.15) is 0 Å². The predicted octanol–water partition coefficient (Wildman–Crippen LogP) is 2.96. The maximum absolute atomic E-state index is 5.48. The summed E-state index contributed by atoms with van der Waals surface area (Å²) in [4.78, 5) is 17.2. The minimum Gasteiger partial charge on any atom is -0.378 e. The quantitative estimate of drug-likeness (QED) is 0.782. The molecule has 2 atom stereocenters. The summed E-state index contributed by atoms with van der Waals surface area (Å²) in [6, 6.07) is 8.21. The summed E-state index contributed by atoms with van der Waals surface area (Å²) in [5.41, 5.74) is 7.03. The van der Waals surface area contributed by atoms with Crippen molar-refractivity contribution in [2.45, 2.75) is 50.7 Å². The fourth-order valence-corrected chi connectivity index (χ4v) is 5.87. The monoisotopic (exact) mass is 405 g/mol.